The van der Waals surface area contributed by atoms with Crippen molar-refractivity contribution in [1.29, 1.82) is 0 Å². The van der Waals surface area contributed by atoms with Crippen molar-refractivity contribution < 1.29 is 18.9 Å². The Bertz CT molecular complexity index is 1260. The number of likely N-dealkylation sites (tertiary alicyclic amines) is 1. The van der Waals surface area contributed by atoms with Crippen molar-refractivity contribution >= 4 is 0 Å². The van der Waals surface area contributed by atoms with Crippen LogP contribution in [-0.2, 0) is 18.9 Å². The zero-order chi connectivity index (χ0) is 44.5. The molecule has 0 bridgehead atoms. The third-order valence-electron chi connectivity index (χ3n) is 16.3. The number of allylic oxidation sites excluding steroid dienone is 5. The number of ether oxygens (including phenoxy) is 4. The van der Waals surface area contributed by atoms with Crippen LogP contribution < -0.4 is 0 Å². The average Bonchev–Trinajstić information content (AvgIpc) is 3.77. The van der Waals surface area contributed by atoms with E-state index in [1.807, 2.05) is 0 Å². The molecule has 1 heterocycles. The third-order valence-corrected chi connectivity index (χ3v) is 16.3. The molecule has 360 valence electrons. The number of fused-ring (bicyclic) bond motifs is 1. The summed E-state index contributed by atoms with van der Waals surface area (Å²) in [5.74, 6) is 3.53. The van der Waals surface area contributed by atoms with Gasteiger partial charge in [-0.25, -0.2) is 0 Å². The molecule has 7 atom stereocenters. The molecule has 0 aromatic heterocycles. The Hall–Kier alpha value is -0.980. The van der Waals surface area contributed by atoms with Crippen molar-refractivity contribution in [2.24, 2.45) is 39.9 Å². The Morgan fingerprint density at radius 3 is 2.23 bits per heavy atom. The lowest BCUT2D eigenvalue weighted by atomic mass is 9.57. The summed E-state index contributed by atoms with van der Waals surface area (Å²) in [6.45, 7) is 26.9. The average molecular weight is 866 g/mol. The van der Waals surface area contributed by atoms with Crippen molar-refractivity contribution in [2.75, 3.05) is 59.3 Å². The Balaban J connectivity index is 1.05. The van der Waals surface area contributed by atoms with E-state index in [0.717, 1.165) is 69.2 Å². The topological polar surface area (TPSA) is 40.2 Å². The fraction of sp³-hybridized carbons (Fsp3) is 0.895. The number of hydrogen-bond donors (Lipinski definition) is 0. The van der Waals surface area contributed by atoms with E-state index >= 15 is 0 Å². The molecule has 1 aliphatic heterocycles. The van der Waals surface area contributed by atoms with Gasteiger partial charge < -0.3 is 23.8 Å². The van der Waals surface area contributed by atoms with Crippen molar-refractivity contribution in [3.8, 4) is 0 Å². The standard InChI is InChI=1S/C57H103NO4/c1-9-11-12-13-14-15-16-17-18-19-20-21-22-23-24-27-38-60-46-53(45-58-37-36-55(5,6)47-58)62-42-40-59-39-41-61-52-34-35-56(7)44-49(30-31-51(56)43-52)54-33-32-50(57(54,8)10-2)29-26-25-28-48(3)4/h14-15,17-18,31,48-50,52-54H,9-13,16,19-30,32-47H2,1-8H3/b15-14-,18-17-/t49-,50?,52+,53?,54?,56-,57-/m1/s1. The largest absolute Gasteiger partial charge is 0.379 e. The molecule has 3 unspecified atom stereocenters. The van der Waals surface area contributed by atoms with Crippen LogP contribution in [0.5, 0.6) is 0 Å². The highest BCUT2D eigenvalue weighted by atomic mass is 16.6. The molecule has 0 radical (unpaired) electrons. The molecule has 0 aromatic carbocycles. The van der Waals surface area contributed by atoms with Crippen LogP contribution in [0, 0.1) is 39.9 Å². The first-order valence-electron chi connectivity index (χ1n) is 27.1. The van der Waals surface area contributed by atoms with Gasteiger partial charge in [0.2, 0.25) is 0 Å². The maximum absolute atomic E-state index is 6.47. The van der Waals surface area contributed by atoms with Gasteiger partial charge in [-0.3, -0.25) is 0 Å². The van der Waals surface area contributed by atoms with Gasteiger partial charge in [0.1, 0.15) is 0 Å². The molecule has 0 N–H and O–H groups in total. The monoisotopic (exact) mass is 866 g/mol. The molecule has 4 aliphatic rings. The normalized spacial score (nSPS) is 28.4. The van der Waals surface area contributed by atoms with Crippen LogP contribution in [0.25, 0.3) is 0 Å². The van der Waals surface area contributed by atoms with Gasteiger partial charge in [-0.05, 0) is 143 Å². The molecule has 3 aliphatic carbocycles. The summed E-state index contributed by atoms with van der Waals surface area (Å²) in [6.07, 6.45) is 45.3. The van der Waals surface area contributed by atoms with Crippen LogP contribution in [0.4, 0.5) is 0 Å². The number of unbranched alkanes of at least 4 members (excludes halogenated alkanes) is 10. The third kappa shape index (κ3) is 19.5. The molecular formula is C57H103NO4. The lowest BCUT2D eigenvalue weighted by Gasteiger charge is -2.49. The molecular weight excluding hydrogens is 763 g/mol. The van der Waals surface area contributed by atoms with Gasteiger partial charge in [-0.1, -0.05) is 156 Å². The Morgan fingerprint density at radius 1 is 0.758 bits per heavy atom. The van der Waals surface area contributed by atoms with Gasteiger partial charge in [-0.2, -0.15) is 0 Å². The Labute approximate surface area is 385 Å². The first-order chi connectivity index (χ1) is 30.0. The molecule has 4 rings (SSSR count). The molecule has 62 heavy (non-hydrogen) atoms. The summed E-state index contributed by atoms with van der Waals surface area (Å²) in [5.41, 5.74) is 2.98. The zero-order valence-corrected chi connectivity index (χ0v) is 42.5. The van der Waals surface area contributed by atoms with E-state index in [0.29, 0.717) is 55.4 Å². The first kappa shape index (κ1) is 53.6. The minimum absolute atomic E-state index is 0.0960. The van der Waals surface area contributed by atoms with Gasteiger partial charge in [0, 0.05) is 19.7 Å². The molecule has 5 heteroatoms. The fourth-order valence-corrected chi connectivity index (χ4v) is 12.2. The number of nitrogens with zero attached hydrogens (tertiary/aromatic N) is 1. The van der Waals surface area contributed by atoms with E-state index in [4.69, 9.17) is 18.9 Å². The maximum Gasteiger partial charge on any atom is 0.0936 e. The van der Waals surface area contributed by atoms with Crippen molar-refractivity contribution in [2.45, 2.75) is 228 Å². The van der Waals surface area contributed by atoms with E-state index in [1.165, 1.54) is 141 Å². The molecule has 0 aromatic rings. The predicted octanol–water partition coefficient (Wildman–Crippen LogP) is 15.5. The summed E-state index contributed by atoms with van der Waals surface area (Å²) in [6, 6.07) is 0. The van der Waals surface area contributed by atoms with Gasteiger partial charge in [0.15, 0.2) is 0 Å². The Morgan fingerprint density at radius 2 is 1.50 bits per heavy atom. The van der Waals surface area contributed by atoms with Crippen LogP contribution in [0.15, 0.2) is 36.0 Å². The summed E-state index contributed by atoms with van der Waals surface area (Å²) < 4.78 is 25.2. The summed E-state index contributed by atoms with van der Waals surface area (Å²) in [5, 5.41) is 0. The van der Waals surface area contributed by atoms with Gasteiger partial charge >= 0.3 is 0 Å². The van der Waals surface area contributed by atoms with E-state index in [2.05, 4.69) is 90.7 Å². The molecule has 1 saturated heterocycles. The lowest BCUT2D eigenvalue weighted by Crippen LogP contribution is -2.40. The summed E-state index contributed by atoms with van der Waals surface area (Å²) in [7, 11) is 0. The molecule has 0 spiro atoms. The summed E-state index contributed by atoms with van der Waals surface area (Å²) in [4.78, 5) is 2.57. The summed E-state index contributed by atoms with van der Waals surface area (Å²) >= 11 is 0. The quantitative estimate of drug-likeness (QED) is 0.0476. The van der Waals surface area contributed by atoms with E-state index in [1.54, 1.807) is 5.57 Å². The van der Waals surface area contributed by atoms with Gasteiger partial charge in [-0.15, -0.1) is 0 Å². The van der Waals surface area contributed by atoms with E-state index in [9.17, 15) is 0 Å². The van der Waals surface area contributed by atoms with E-state index < -0.39 is 0 Å². The molecule has 3 fully saturated rings. The van der Waals surface area contributed by atoms with Crippen LogP contribution in [0.3, 0.4) is 0 Å². The highest BCUT2D eigenvalue weighted by Crippen LogP contribution is 2.60. The van der Waals surface area contributed by atoms with Crippen molar-refractivity contribution in [3.63, 3.8) is 0 Å². The number of hydrogen-bond acceptors (Lipinski definition) is 5. The van der Waals surface area contributed by atoms with Crippen LogP contribution in [-0.4, -0.2) is 76.4 Å². The molecule has 0 amide bonds. The lowest BCUT2D eigenvalue weighted by molar-refractivity contribution is -0.0604. The SMILES string of the molecule is CCCCC/C=C\C/C=C\CCCCCCCCOCC(CN1CCC(C)(C)C1)OCCOCCO[C@H]1CC[C@]2(C)C[C@H](C3CCC(CCCCC(C)C)[C@@]3(C)CC)CC=C2C1. The number of rotatable bonds is 34. The smallest absolute Gasteiger partial charge is 0.0936 e. The second-order valence-corrected chi connectivity index (χ2v) is 22.6. The predicted molar refractivity (Wildman–Crippen MR) is 266 cm³/mol. The van der Waals surface area contributed by atoms with Crippen molar-refractivity contribution in [1.82, 2.24) is 4.90 Å². The van der Waals surface area contributed by atoms with Crippen LogP contribution in [0.1, 0.15) is 216 Å². The van der Waals surface area contributed by atoms with Gasteiger partial charge in [0.05, 0.1) is 45.2 Å². The minimum atomic E-state index is 0.0960. The minimum Gasteiger partial charge on any atom is -0.379 e. The zero-order valence-electron chi connectivity index (χ0n) is 42.5. The second kappa shape index (κ2) is 29.6. The molecule has 2 saturated carbocycles. The Kier molecular flexibility index (Phi) is 25.6. The van der Waals surface area contributed by atoms with Crippen molar-refractivity contribution in [3.05, 3.63) is 36.0 Å². The van der Waals surface area contributed by atoms with Gasteiger partial charge in [0.25, 0.3) is 0 Å². The highest BCUT2D eigenvalue weighted by molar-refractivity contribution is 5.22. The fourth-order valence-electron chi connectivity index (χ4n) is 12.2. The molecule has 5 nitrogen and oxygen atoms in total. The van der Waals surface area contributed by atoms with Crippen LogP contribution >= 0.6 is 0 Å². The van der Waals surface area contributed by atoms with E-state index in [-0.39, 0.29) is 6.10 Å². The maximum atomic E-state index is 6.47. The second-order valence-electron chi connectivity index (χ2n) is 22.6. The first-order valence-corrected chi connectivity index (χ1v) is 27.1. The highest BCUT2D eigenvalue weighted by Gasteiger charge is 2.50. The van der Waals surface area contributed by atoms with Crippen LogP contribution in [0.2, 0.25) is 0 Å².